The molecule has 0 unspecified atom stereocenters. The molecule has 1 heterocycles. The van der Waals surface area contributed by atoms with Gasteiger partial charge in [0.25, 0.3) is 5.56 Å². The predicted molar refractivity (Wildman–Crippen MR) is 40.7 cm³/mol. The van der Waals surface area contributed by atoms with Gasteiger partial charge in [0.2, 0.25) is 0 Å². The molecule has 0 amide bonds. The maximum Gasteiger partial charge on any atom is 0.267 e. The van der Waals surface area contributed by atoms with Crippen LogP contribution in [0.2, 0.25) is 0 Å². The highest BCUT2D eigenvalue weighted by Gasteiger charge is 2.14. The molecule has 2 rings (SSSR count). The summed E-state index contributed by atoms with van der Waals surface area (Å²) in [6.45, 7) is 0. The van der Waals surface area contributed by atoms with E-state index < -0.39 is 0 Å². The number of fused-ring (bicyclic) bond motifs is 1. The Bertz CT molecular complexity index is 276. The van der Waals surface area contributed by atoms with E-state index in [2.05, 4.69) is 10.2 Å². The number of aromatic nitrogens is 2. The normalized spacial score (nSPS) is 14.4. The smallest absolute Gasteiger partial charge is 0.267 e. The largest absolute Gasteiger partial charge is 0.302 e. The monoisotopic (exact) mass is 160 g/mol. The van der Waals surface area contributed by atoms with Crippen LogP contribution in [0.1, 0.15) is 17.7 Å². The Labute approximate surface area is 64.2 Å². The quantitative estimate of drug-likeness (QED) is 0.574. The molecule has 0 radical (unpaired) electrons. The first-order chi connectivity index (χ1) is 4.38. The van der Waals surface area contributed by atoms with Gasteiger partial charge in [0.1, 0.15) is 0 Å². The number of halogens is 1. The third-order valence-corrected chi connectivity index (χ3v) is 1.82. The van der Waals surface area contributed by atoms with E-state index in [0.29, 0.717) is 0 Å². The van der Waals surface area contributed by atoms with Gasteiger partial charge in [0.05, 0.1) is 0 Å². The van der Waals surface area contributed by atoms with Crippen molar-refractivity contribution < 1.29 is 0 Å². The summed E-state index contributed by atoms with van der Waals surface area (Å²) in [4.78, 5) is 10.8. The summed E-state index contributed by atoms with van der Waals surface area (Å²) in [5.41, 5.74) is 2.15. The summed E-state index contributed by atoms with van der Waals surface area (Å²) in [5.74, 6) is 0. The van der Waals surface area contributed by atoms with Gasteiger partial charge in [-0.1, -0.05) is 0 Å². The molecule has 0 atom stereocenters. The Kier molecular flexibility index (Phi) is 1.85. The van der Waals surface area contributed by atoms with Crippen LogP contribution < -0.4 is 5.56 Å². The molecule has 1 aliphatic rings. The predicted octanol–water partition coefficient (Wildman–Crippen LogP) is 0.614. The van der Waals surface area contributed by atoms with Gasteiger partial charge in [-0.2, -0.15) is 0 Å². The van der Waals surface area contributed by atoms with Crippen LogP contribution in [0.15, 0.2) is 4.79 Å². The molecule has 2 N–H and O–H groups in total. The second-order valence-corrected chi connectivity index (χ2v) is 2.39. The van der Waals surface area contributed by atoms with Gasteiger partial charge in [-0.3, -0.25) is 9.89 Å². The summed E-state index contributed by atoms with van der Waals surface area (Å²) in [6, 6.07) is 0. The molecular weight excluding hydrogens is 152 g/mol. The summed E-state index contributed by atoms with van der Waals surface area (Å²) < 4.78 is 0. The molecule has 0 aliphatic heterocycles. The highest BCUT2D eigenvalue weighted by Crippen LogP contribution is 2.14. The zero-order valence-corrected chi connectivity index (χ0v) is 6.25. The number of H-pyrrole nitrogens is 2. The van der Waals surface area contributed by atoms with E-state index >= 15 is 0 Å². The molecule has 4 heteroatoms. The van der Waals surface area contributed by atoms with Crippen LogP contribution in [0.25, 0.3) is 0 Å². The van der Waals surface area contributed by atoms with Crippen molar-refractivity contribution in [2.45, 2.75) is 19.3 Å². The van der Waals surface area contributed by atoms with Crippen LogP contribution in [0.4, 0.5) is 0 Å². The molecule has 0 aromatic carbocycles. The van der Waals surface area contributed by atoms with Gasteiger partial charge in [-0.15, -0.1) is 12.4 Å². The van der Waals surface area contributed by atoms with E-state index in [1.807, 2.05) is 0 Å². The first kappa shape index (κ1) is 7.41. The lowest BCUT2D eigenvalue weighted by Crippen LogP contribution is -2.03. The second-order valence-electron chi connectivity index (χ2n) is 2.39. The number of aromatic amines is 2. The van der Waals surface area contributed by atoms with Crippen molar-refractivity contribution in [1.29, 1.82) is 0 Å². The van der Waals surface area contributed by atoms with Crippen molar-refractivity contribution >= 4 is 12.4 Å². The molecule has 3 nitrogen and oxygen atoms in total. The van der Waals surface area contributed by atoms with E-state index in [4.69, 9.17) is 0 Å². The Morgan fingerprint density at radius 1 is 1.20 bits per heavy atom. The number of hydrogen-bond acceptors (Lipinski definition) is 1. The topological polar surface area (TPSA) is 48.6 Å². The first-order valence-electron chi connectivity index (χ1n) is 3.16. The number of aryl methyl sites for hydroxylation is 1. The van der Waals surface area contributed by atoms with Crippen LogP contribution in [0.5, 0.6) is 0 Å². The van der Waals surface area contributed by atoms with Crippen molar-refractivity contribution in [2.75, 3.05) is 0 Å². The molecule has 1 aromatic heterocycles. The van der Waals surface area contributed by atoms with Crippen molar-refractivity contribution in [3.05, 3.63) is 21.6 Å². The minimum atomic E-state index is 0. The lowest BCUT2D eigenvalue weighted by atomic mass is 10.3. The molecule has 0 saturated carbocycles. The van der Waals surface area contributed by atoms with E-state index in [-0.39, 0.29) is 18.0 Å². The molecular formula is C6H9ClN2O. The van der Waals surface area contributed by atoms with Crippen molar-refractivity contribution in [2.24, 2.45) is 0 Å². The van der Waals surface area contributed by atoms with E-state index in [1.165, 1.54) is 0 Å². The molecule has 1 aromatic rings. The zero-order valence-electron chi connectivity index (χ0n) is 5.44. The highest BCUT2D eigenvalue weighted by molar-refractivity contribution is 5.85. The fraction of sp³-hybridized carbons (Fsp3) is 0.500. The summed E-state index contributed by atoms with van der Waals surface area (Å²) in [6.07, 6.45) is 3.12. The summed E-state index contributed by atoms with van der Waals surface area (Å²) in [5, 5.41) is 5.41. The molecule has 10 heavy (non-hydrogen) atoms. The van der Waals surface area contributed by atoms with Crippen LogP contribution in [0, 0.1) is 0 Å². The number of hydrogen-bond donors (Lipinski definition) is 2. The SMILES string of the molecule is Cl.O=c1[nH][nH]c2c1CCC2. The van der Waals surface area contributed by atoms with Gasteiger partial charge in [0, 0.05) is 11.3 Å². The van der Waals surface area contributed by atoms with Crippen LogP contribution in [0.3, 0.4) is 0 Å². The molecule has 0 fully saturated rings. The van der Waals surface area contributed by atoms with Gasteiger partial charge in [-0.25, -0.2) is 0 Å². The van der Waals surface area contributed by atoms with Crippen molar-refractivity contribution in [1.82, 2.24) is 10.2 Å². The van der Waals surface area contributed by atoms with E-state index in [9.17, 15) is 4.79 Å². The van der Waals surface area contributed by atoms with E-state index in [1.54, 1.807) is 0 Å². The van der Waals surface area contributed by atoms with E-state index in [0.717, 1.165) is 30.5 Å². The van der Waals surface area contributed by atoms with Gasteiger partial charge < -0.3 is 5.10 Å². The fourth-order valence-electron chi connectivity index (χ4n) is 1.34. The summed E-state index contributed by atoms with van der Waals surface area (Å²) in [7, 11) is 0. The number of nitrogens with one attached hydrogen (secondary N) is 2. The zero-order chi connectivity index (χ0) is 6.27. The minimum absolute atomic E-state index is 0. The molecule has 0 saturated heterocycles. The molecule has 1 aliphatic carbocycles. The van der Waals surface area contributed by atoms with Crippen LogP contribution >= 0.6 is 12.4 Å². The van der Waals surface area contributed by atoms with Crippen LogP contribution in [-0.2, 0) is 12.8 Å². The van der Waals surface area contributed by atoms with Gasteiger partial charge >= 0.3 is 0 Å². The Morgan fingerprint density at radius 3 is 2.70 bits per heavy atom. The minimum Gasteiger partial charge on any atom is -0.302 e. The van der Waals surface area contributed by atoms with Crippen LogP contribution in [-0.4, -0.2) is 10.2 Å². The van der Waals surface area contributed by atoms with Gasteiger partial charge in [-0.05, 0) is 19.3 Å². The molecule has 0 bridgehead atoms. The lowest BCUT2D eigenvalue weighted by molar-refractivity contribution is 0.855. The summed E-state index contributed by atoms with van der Waals surface area (Å²) >= 11 is 0. The van der Waals surface area contributed by atoms with Gasteiger partial charge in [0.15, 0.2) is 0 Å². The molecule has 56 valence electrons. The second kappa shape index (κ2) is 2.50. The lowest BCUT2D eigenvalue weighted by Gasteiger charge is -1.79. The Hall–Kier alpha value is -0.700. The number of rotatable bonds is 0. The molecule has 0 spiro atoms. The van der Waals surface area contributed by atoms with Crippen molar-refractivity contribution in [3.8, 4) is 0 Å². The van der Waals surface area contributed by atoms with Crippen molar-refractivity contribution in [3.63, 3.8) is 0 Å². The Morgan fingerprint density at radius 2 is 2.00 bits per heavy atom. The third kappa shape index (κ3) is 0.865. The Balaban J connectivity index is 0.000000500. The fourth-order valence-corrected chi connectivity index (χ4v) is 1.34. The highest BCUT2D eigenvalue weighted by atomic mass is 35.5. The maximum absolute atomic E-state index is 10.8. The third-order valence-electron chi connectivity index (χ3n) is 1.82. The first-order valence-corrected chi connectivity index (χ1v) is 3.16. The maximum atomic E-state index is 10.8. The average Bonchev–Trinajstić information content (AvgIpc) is 2.35. The average molecular weight is 161 g/mol. The standard InChI is InChI=1S/C6H8N2O.ClH/c9-6-4-2-1-3-5(4)7-8-6;/h1-3H2,(H2,7,8,9);1H.